The van der Waals surface area contributed by atoms with Gasteiger partial charge in [0.1, 0.15) is 4.83 Å². The number of hydrogen-bond acceptors (Lipinski definition) is 3. The Kier molecular flexibility index (Phi) is 1.75. The zero-order chi connectivity index (χ0) is 9.54. The van der Waals surface area contributed by atoms with Crippen molar-refractivity contribution in [2.24, 2.45) is 0 Å². The number of benzene rings is 1. The zero-order valence-electron chi connectivity index (χ0n) is 7.27. The van der Waals surface area contributed by atoms with E-state index in [1.165, 1.54) is 15.5 Å². The van der Waals surface area contributed by atoms with E-state index in [0.29, 0.717) is 0 Å². The number of nitrogens with zero attached hydrogens (tertiary/aromatic N) is 1. The number of thiophene rings is 1. The lowest BCUT2D eigenvalue weighted by atomic mass is 10.2. The standard InChI is InChI=1S/C11H7NS2/c13-7-5-9-8-3-1-2-4-10(8)14-11(9)12-6-7/h1-6,13H. The van der Waals surface area contributed by atoms with Gasteiger partial charge >= 0.3 is 0 Å². The van der Waals surface area contributed by atoms with E-state index in [1.54, 1.807) is 17.5 Å². The SMILES string of the molecule is Sc1cnc2sc3ccccc3c2c1. The predicted octanol–water partition coefficient (Wildman–Crippen LogP) is 3.74. The van der Waals surface area contributed by atoms with Gasteiger partial charge in [0.15, 0.2) is 0 Å². The molecule has 0 saturated heterocycles. The molecule has 0 N–H and O–H groups in total. The van der Waals surface area contributed by atoms with Crippen LogP contribution in [0, 0.1) is 0 Å². The minimum Gasteiger partial charge on any atom is -0.244 e. The van der Waals surface area contributed by atoms with Gasteiger partial charge < -0.3 is 0 Å². The molecule has 0 unspecified atom stereocenters. The third-order valence-electron chi connectivity index (χ3n) is 2.22. The van der Waals surface area contributed by atoms with Crippen LogP contribution >= 0.6 is 24.0 Å². The van der Waals surface area contributed by atoms with Crippen molar-refractivity contribution in [2.45, 2.75) is 4.90 Å². The van der Waals surface area contributed by atoms with Crippen molar-refractivity contribution in [3.8, 4) is 0 Å². The van der Waals surface area contributed by atoms with E-state index in [2.05, 4.69) is 47.9 Å². The third kappa shape index (κ3) is 1.13. The summed E-state index contributed by atoms with van der Waals surface area (Å²) < 4.78 is 1.29. The van der Waals surface area contributed by atoms with Crippen LogP contribution in [0.2, 0.25) is 0 Å². The van der Waals surface area contributed by atoms with Crippen molar-refractivity contribution in [2.75, 3.05) is 0 Å². The van der Waals surface area contributed by atoms with E-state index in [0.717, 1.165) is 9.73 Å². The van der Waals surface area contributed by atoms with Crippen molar-refractivity contribution in [3.63, 3.8) is 0 Å². The van der Waals surface area contributed by atoms with Gasteiger partial charge in [-0.05, 0) is 12.1 Å². The Morgan fingerprint density at radius 1 is 1.14 bits per heavy atom. The second-order valence-corrected chi connectivity index (χ2v) is 4.69. The molecule has 0 saturated carbocycles. The summed E-state index contributed by atoms with van der Waals surface area (Å²) >= 11 is 6.03. The van der Waals surface area contributed by atoms with E-state index in [9.17, 15) is 0 Å². The highest BCUT2D eigenvalue weighted by atomic mass is 32.1. The first-order valence-electron chi connectivity index (χ1n) is 4.31. The molecule has 0 aliphatic heterocycles. The number of hydrogen-bond donors (Lipinski definition) is 1. The number of aromatic nitrogens is 1. The van der Waals surface area contributed by atoms with Crippen molar-refractivity contribution >= 4 is 44.3 Å². The van der Waals surface area contributed by atoms with Gasteiger partial charge in [-0.15, -0.1) is 24.0 Å². The van der Waals surface area contributed by atoms with Crippen LogP contribution in [0.4, 0.5) is 0 Å². The van der Waals surface area contributed by atoms with E-state index < -0.39 is 0 Å². The minimum absolute atomic E-state index is 0.918. The molecule has 0 bridgehead atoms. The first-order valence-corrected chi connectivity index (χ1v) is 5.57. The largest absolute Gasteiger partial charge is 0.244 e. The van der Waals surface area contributed by atoms with Gasteiger partial charge in [-0.2, -0.15) is 0 Å². The summed E-state index contributed by atoms with van der Waals surface area (Å²) in [5, 5.41) is 2.48. The Morgan fingerprint density at radius 3 is 2.93 bits per heavy atom. The van der Waals surface area contributed by atoms with Gasteiger partial charge in [0, 0.05) is 26.6 Å². The monoisotopic (exact) mass is 217 g/mol. The highest BCUT2D eigenvalue weighted by molar-refractivity contribution is 7.80. The molecule has 2 heterocycles. The summed E-state index contributed by atoms with van der Waals surface area (Å²) in [6.45, 7) is 0. The first-order chi connectivity index (χ1) is 6.84. The van der Waals surface area contributed by atoms with Crippen molar-refractivity contribution in [3.05, 3.63) is 36.5 Å². The van der Waals surface area contributed by atoms with Crippen LogP contribution in [0.5, 0.6) is 0 Å². The van der Waals surface area contributed by atoms with Crippen molar-refractivity contribution < 1.29 is 0 Å². The molecule has 2 aromatic heterocycles. The van der Waals surface area contributed by atoms with Crippen LogP contribution in [-0.2, 0) is 0 Å². The van der Waals surface area contributed by atoms with E-state index in [-0.39, 0.29) is 0 Å². The molecular formula is C11H7NS2. The van der Waals surface area contributed by atoms with Gasteiger partial charge in [-0.3, -0.25) is 0 Å². The Labute approximate surface area is 90.8 Å². The lowest BCUT2D eigenvalue weighted by molar-refractivity contribution is 1.33. The maximum atomic E-state index is 4.36. The van der Waals surface area contributed by atoms with Crippen LogP contribution in [0.15, 0.2) is 41.4 Å². The van der Waals surface area contributed by atoms with E-state index >= 15 is 0 Å². The van der Waals surface area contributed by atoms with E-state index in [1.807, 2.05) is 0 Å². The second kappa shape index (κ2) is 2.97. The van der Waals surface area contributed by atoms with Crippen LogP contribution in [0.25, 0.3) is 20.3 Å². The highest BCUT2D eigenvalue weighted by Gasteiger charge is 2.04. The van der Waals surface area contributed by atoms with Crippen molar-refractivity contribution in [1.82, 2.24) is 4.98 Å². The van der Waals surface area contributed by atoms with Gasteiger partial charge in [-0.25, -0.2) is 4.98 Å². The van der Waals surface area contributed by atoms with Crippen LogP contribution in [0.1, 0.15) is 0 Å². The lowest BCUT2D eigenvalue weighted by Crippen LogP contribution is -1.71. The van der Waals surface area contributed by atoms with Crippen molar-refractivity contribution in [1.29, 1.82) is 0 Å². The molecule has 0 fully saturated rings. The van der Waals surface area contributed by atoms with Crippen LogP contribution in [0.3, 0.4) is 0 Å². The van der Waals surface area contributed by atoms with Gasteiger partial charge in [-0.1, -0.05) is 18.2 Å². The summed E-state index contributed by atoms with van der Waals surface area (Å²) in [4.78, 5) is 6.36. The Hall–Kier alpha value is -1.06. The Morgan fingerprint density at radius 2 is 2.00 bits per heavy atom. The Bertz CT molecular complexity index is 613. The third-order valence-corrected chi connectivity index (χ3v) is 3.56. The second-order valence-electron chi connectivity index (χ2n) is 3.14. The molecule has 3 aromatic rings. The summed E-state index contributed by atoms with van der Waals surface area (Å²) in [7, 11) is 0. The number of pyridine rings is 1. The normalized spacial score (nSPS) is 11.2. The van der Waals surface area contributed by atoms with Crippen LogP contribution in [-0.4, -0.2) is 4.98 Å². The van der Waals surface area contributed by atoms with Gasteiger partial charge in [0.25, 0.3) is 0 Å². The summed E-state index contributed by atoms with van der Waals surface area (Å²) in [6.07, 6.45) is 1.79. The molecule has 0 aliphatic carbocycles. The van der Waals surface area contributed by atoms with E-state index in [4.69, 9.17) is 0 Å². The number of rotatable bonds is 0. The average molecular weight is 217 g/mol. The zero-order valence-corrected chi connectivity index (χ0v) is 8.98. The summed E-state index contributed by atoms with van der Waals surface area (Å²) in [6, 6.07) is 10.4. The van der Waals surface area contributed by atoms with Gasteiger partial charge in [0.2, 0.25) is 0 Å². The molecule has 0 aliphatic rings. The van der Waals surface area contributed by atoms with Crippen LogP contribution < -0.4 is 0 Å². The fraction of sp³-hybridized carbons (Fsp3) is 0. The topological polar surface area (TPSA) is 12.9 Å². The fourth-order valence-electron chi connectivity index (χ4n) is 1.60. The number of thiol groups is 1. The molecular weight excluding hydrogens is 210 g/mol. The molecule has 68 valence electrons. The lowest BCUT2D eigenvalue weighted by Gasteiger charge is -1.91. The molecule has 0 radical (unpaired) electrons. The highest BCUT2D eigenvalue weighted by Crippen LogP contribution is 2.32. The Balaban J connectivity index is 2.58. The average Bonchev–Trinajstić information content (AvgIpc) is 2.56. The maximum absolute atomic E-state index is 4.36. The molecule has 0 amide bonds. The summed E-state index contributed by atoms with van der Waals surface area (Å²) in [5.74, 6) is 0. The molecule has 3 heteroatoms. The quantitative estimate of drug-likeness (QED) is 0.566. The predicted molar refractivity (Wildman–Crippen MR) is 64.4 cm³/mol. The first kappa shape index (κ1) is 8.26. The minimum atomic E-state index is 0.918. The summed E-state index contributed by atoms with van der Waals surface area (Å²) in [5.41, 5.74) is 0. The molecule has 0 spiro atoms. The molecule has 1 aromatic carbocycles. The smallest absolute Gasteiger partial charge is 0.124 e. The van der Waals surface area contributed by atoms with Gasteiger partial charge in [0.05, 0.1) is 0 Å². The number of fused-ring (bicyclic) bond motifs is 3. The maximum Gasteiger partial charge on any atom is 0.124 e. The molecule has 1 nitrogen and oxygen atoms in total. The fourth-order valence-corrected chi connectivity index (χ4v) is 2.81. The molecule has 3 rings (SSSR count). The molecule has 0 atom stereocenters. The molecule has 14 heavy (non-hydrogen) atoms.